The Bertz CT molecular complexity index is 334. The van der Waals surface area contributed by atoms with Gasteiger partial charge in [-0.05, 0) is 25.8 Å². The van der Waals surface area contributed by atoms with Crippen LogP contribution in [0.25, 0.3) is 0 Å². The molecule has 3 nitrogen and oxygen atoms in total. The fourth-order valence-corrected chi connectivity index (χ4v) is 1.04. The molecular formula is C13H20N2O. The Labute approximate surface area is 97.8 Å². The Morgan fingerprint density at radius 1 is 1.50 bits per heavy atom. The van der Waals surface area contributed by atoms with E-state index in [2.05, 4.69) is 11.4 Å². The molecule has 1 atom stereocenters. The molecule has 1 amide bonds. The first-order valence-corrected chi connectivity index (χ1v) is 5.66. The molecule has 0 radical (unpaired) electrons. The summed E-state index contributed by atoms with van der Waals surface area (Å²) >= 11 is 0. The second-order valence-electron chi connectivity index (χ2n) is 3.68. The average molecular weight is 220 g/mol. The summed E-state index contributed by atoms with van der Waals surface area (Å²) in [5, 5.41) is 11.6. The monoisotopic (exact) mass is 220 g/mol. The fraction of sp³-hybridized carbons (Fsp3) is 0.538. The molecule has 0 heterocycles. The van der Waals surface area contributed by atoms with Gasteiger partial charge in [-0.15, -0.1) is 0 Å². The summed E-state index contributed by atoms with van der Waals surface area (Å²) in [4.78, 5) is 11.6. The van der Waals surface area contributed by atoms with E-state index in [0.29, 0.717) is 17.7 Å². The average Bonchev–Trinajstić information content (AvgIpc) is 2.32. The largest absolute Gasteiger partial charge is 0.326 e. The molecule has 0 spiro atoms. The lowest BCUT2D eigenvalue weighted by Gasteiger charge is -2.10. The van der Waals surface area contributed by atoms with Crippen molar-refractivity contribution in [1.82, 2.24) is 5.32 Å². The van der Waals surface area contributed by atoms with Gasteiger partial charge < -0.3 is 5.32 Å². The second-order valence-corrected chi connectivity index (χ2v) is 3.68. The number of allylic oxidation sites excluding steroid dienone is 3. The highest BCUT2D eigenvalue weighted by Gasteiger charge is 2.10. The van der Waals surface area contributed by atoms with Gasteiger partial charge in [0.15, 0.2) is 0 Å². The minimum absolute atomic E-state index is 0.000225. The molecule has 0 fully saturated rings. The number of carbonyl (C=O) groups excluding carboxylic acids is 1. The van der Waals surface area contributed by atoms with Crippen LogP contribution in [0.1, 0.15) is 40.5 Å². The fourth-order valence-electron chi connectivity index (χ4n) is 1.04. The van der Waals surface area contributed by atoms with E-state index in [1.54, 1.807) is 12.2 Å². The van der Waals surface area contributed by atoms with E-state index in [4.69, 9.17) is 5.26 Å². The molecule has 0 bridgehead atoms. The third kappa shape index (κ3) is 4.79. The van der Waals surface area contributed by atoms with E-state index < -0.39 is 0 Å². The van der Waals surface area contributed by atoms with Gasteiger partial charge >= 0.3 is 0 Å². The van der Waals surface area contributed by atoms with Crippen molar-refractivity contribution < 1.29 is 4.79 Å². The number of nitriles is 1. The van der Waals surface area contributed by atoms with E-state index in [0.717, 1.165) is 6.42 Å². The van der Waals surface area contributed by atoms with Gasteiger partial charge in [-0.3, -0.25) is 4.79 Å². The molecule has 0 aliphatic rings. The molecule has 1 N–H and O–H groups in total. The first-order valence-electron chi connectivity index (χ1n) is 5.66. The topological polar surface area (TPSA) is 52.9 Å². The quantitative estimate of drug-likeness (QED) is 0.572. The van der Waals surface area contributed by atoms with E-state index in [-0.39, 0.29) is 11.8 Å². The summed E-state index contributed by atoms with van der Waals surface area (Å²) < 4.78 is 0. The van der Waals surface area contributed by atoms with Crippen molar-refractivity contribution >= 4 is 5.91 Å². The van der Waals surface area contributed by atoms with Gasteiger partial charge in [0, 0.05) is 17.2 Å². The number of rotatable bonds is 5. The van der Waals surface area contributed by atoms with Crippen molar-refractivity contribution in [3.63, 3.8) is 0 Å². The molecule has 0 saturated carbocycles. The van der Waals surface area contributed by atoms with Crippen molar-refractivity contribution in [2.75, 3.05) is 0 Å². The van der Waals surface area contributed by atoms with Gasteiger partial charge in [0.1, 0.15) is 0 Å². The zero-order chi connectivity index (χ0) is 12.6. The van der Waals surface area contributed by atoms with Gasteiger partial charge in [-0.25, -0.2) is 0 Å². The zero-order valence-electron chi connectivity index (χ0n) is 10.5. The number of amides is 1. The maximum absolute atomic E-state index is 11.6. The van der Waals surface area contributed by atoms with Crippen LogP contribution in [0.4, 0.5) is 0 Å². The number of hydrogen-bond donors (Lipinski definition) is 1. The van der Waals surface area contributed by atoms with Crippen LogP contribution < -0.4 is 5.32 Å². The molecule has 0 aromatic carbocycles. The lowest BCUT2D eigenvalue weighted by atomic mass is 10.1. The van der Waals surface area contributed by atoms with Crippen molar-refractivity contribution in [2.24, 2.45) is 5.92 Å². The Balaban J connectivity index is 4.63. The SMILES string of the molecule is C/C=C(\C=C(\C#N)CC)NC(=O)C(C)CC. The lowest BCUT2D eigenvalue weighted by Crippen LogP contribution is -2.27. The lowest BCUT2D eigenvalue weighted by molar-refractivity contribution is -0.123. The van der Waals surface area contributed by atoms with Crippen LogP contribution in [-0.2, 0) is 4.79 Å². The van der Waals surface area contributed by atoms with Gasteiger partial charge in [-0.2, -0.15) is 5.26 Å². The van der Waals surface area contributed by atoms with Crippen LogP contribution in [0.15, 0.2) is 23.4 Å². The summed E-state index contributed by atoms with van der Waals surface area (Å²) in [6, 6.07) is 2.10. The Hall–Kier alpha value is -1.56. The Kier molecular flexibility index (Phi) is 6.95. The standard InChI is InChI=1S/C13H20N2O/c1-5-10(4)13(16)15-12(7-3)8-11(6-2)9-14/h7-8,10H,5-6H2,1-4H3,(H,15,16)/b11-8+,12-7+. The number of nitrogens with one attached hydrogen (secondary N) is 1. The minimum atomic E-state index is -0.00416. The van der Waals surface area contributed by atoms with E-state index in [1.807, 2.05) is 27.7 Å². The van der Waals surface area contributed by atoms with Crippen molar-refractivity contribution in [2.45, 2.75) is 40.5 Å². The van der Waals surface area contributed by atoms with E-state index >= 15 is 0 Å². The summed E-state index contributed by atoms with van der Waals surface area (Å²) in [5.41, 5.74) is 1.36. The summed E-state index contributed by atoms with van der Waals surface area (Å²) in [6.45, 7) is 7.62. The zero-order valence-corrected chi connectivity index (χ0v) is 10.5. The van der Waals surface area contributed by atoms with Crippen molar-refractivity contribution in [3.8, 4) is 6.07 Å². The van der Waals surface area contributed by atoms with Gasteiger partial charge in [0.25, 0.3) is 0 Å². The number of carbonyl (C=O) groups is 1. The maximum Gasteiger partial charge on any atom is 0.227 e. The van der Waals surface area contributed by atoms with Gasteiger partial charge in [0.2, 0.25) is 5.91 Å². The maximum atomic E-state index is 11.6. The predicted molar refractivity (Wildman–Crippen MR) is 65.3 cm³/mol. The first kappa shape index (κ1) is 14.4. The molecule has 3 heteroatoms. The highest BCUT2D eigenvalue weighted by molar-refractivity contribution is 5.80. The molecule has 0 aromatic heterocycles. The van der Waals surface area contributed by atoms with E-state index in [1.165, 1.54) is 0 Å². The first-order chi connectivity index (χ1) is 7.58. The summed E-state index contributed by atoms with van der Waals surface area (Å²) in [6.07, 6.45) is 5.01. The van der Waals surface area contributed by atoms with Crippen molar-refractivity contribution in [3.05, 3.63) is 23.4 Å². The molecule has 16 heavy (non-hydrogen) atoms. The Morgan fingerprint density at radius 3 is 2.50 bits per heavy atom. The normalized spacial score (nSPS) is 14.2. The molecule has 0 rings (SSSR count). The van der Waals surface area contributed by atoms with Crippen LogP contribution in [-0.4, -0.2) is 5.91 Å². The summed E-state index contributed by atoms with van der Waals surface area (Å²) in [7, 11) is 0. The molecule has 0 aliphatic carbocycles. The minimum Gasteiger partial charge on any atom is -0.326 e. The number of nitrogens with zero attached hydrogens (tertiary/aromatic N) is 1. The predicted octanol–water partition coefficient (Wildman–Crippen LogP) is 2.91. The highest BCUT2D eigenvalue weighted by atomic mass is 16.1. The van der Waals surface area contributed by atoms with Gasteiger partial charge in [-0.1, -0.05) is 26.8 Å². The molecular weight excluding hydrogens is 200 g/mol. The Morgan fingerprint density at radius 2 is 2.12 bits per heavy atom. The van der Waals surface area contributed by atoms with Crippen LogP contribution in [0, 0.1) is 17.2 Å². The molecule has 0 saturated heterocycles. The van der Waals surface area contributed by atoms with Crippen LogP contribution in [0.5, 0.6) is 0 Å². The third-order valence-electron chi connectivity index (χ3n) is 2.49. The molecule has 88 valence electrons. The molecule has 1 unspecified atom stereocenters. The smallest absolute Gasteiger partial charge is 0.227 e. The van der Waals surface area contributed by atoms with Gasteiger partial charge in [0.05, 0.1) is 6.07 Å². The van der Waals surface area contributed by atoms with Crippen LogP contribution in [0.3, 0.4) is 0 Å². The summed E-state index contributed by atoms with van der Waals surface area (Å²) in [5.74, 6) is -0.00393. The van der Waals surface area contributed by atoms with Crippen LogP contribution >= 0.6 is 0 Å². The highest BCUT2D eigenvalue weighted by Crippen LogP contribution is 2.06. The third-order valence-corrected chi connectivity index (χ3v) is 2.49. The van der Waals surface area contributed by atoms with Crippen LogP contribution in [0.2, 0.25) is 0 Å². The van der Waals surface area contributed by atoms with Crippen molar-refractivity contribution in [1.29, 1.82) is 5.26 Å². The molecule has 0 aromatic rings. The number of hydrogen-bond acceptors (Lipinski definition) is 2. The van der Waals surface area contributed by atoms with E-state index in [9.17, 15) is 4.79 Å². The molecule has 0 aliphatic heterocycles. The second kappa shape index (κ2) is 7.70.